The molecule has 3 rings (SSSR count). The molecule has 0 aliphatic carbocycles. The van der Waals surface area contributed by atoms with E-state index < -0.39 is 0 Å². The molecule has 24 heavy (non-hydrogen) atoms. The molecule has 3 aromatic heterocycles. The van der Waals surface area contributed by atoms with Gasteiger partial charge in [0.05, 0.1) is 18.4 Å². The lowest BCUT2D eigenvalue weighted by atomic mass is 10.1. The minimum atomic E-state index is -0.228. The Morgan fingerprint density at radius 3 is 2.83 bits per heavy atom. The summed E-state index contributed by atoms with van der Waals surface area (Å²) in [5, 5.41) is 0. The van der Waals surface area contributed by atoms with E-state index >= 15 is 0 Å². The summed E-state index contributed by atoms with van der Waals surface area (Å²) in [6.45, 7) is 2.48. The van der Waals surface area contributed by atoms with E-state index in [1.54, 1.807) is 36.5 Å². The minimum absolute atomic E-state index is 0.177. The molecular weight excluding hydrogens is 306 g/mol. The summed E-state index contributed by atoms with van der Waals surface area (Å²) in [5.41, 5.74) is 1.79. The first-order valence-corrected chi connectivity index (χ1v) is 7.53. The van der Waals surface area contributed by atoms with E-state index in [-0.39, 0.29) is 11.5 Å². The van der Waals surface area contributed by atoms with Crippen LogP contribution in [0, 0.1) is 6.92 Å². The zero-order valence-electron chi connectivity index (χ0n) is 13.2. The minimum Gasteiger partial charge on any atom is -0.467 e. The van der Waals surface area contributed by atoms with Crippen molar-refractivity contribution in [3.63, 3.8) is 0 Å². The highest BCUT2D eigenvalue weighted by Gasteiger charge is 2.20. The molecule has 3 heterocycles. The summed E-state index contributed by atoms with van der Waals surface area (Å²) < 4.78 is 5.37. The first-order valence-electron chi connectivity index (χ1n) is 7.53. The van der Waals surface area contributed by atoms with Gasteiger partial charge < -0.3 is 14.3 Å². The summed E-state index contributed by atoms with van der Waals surface area (Å²) in [4.78, 5) is 32.6. The van der Waals surface area contributed by atoms with Crippen molar-refractivity contribution in [3.05, 3.63) is 88.0 Å². The number of aromatic amines is 1. The zero-order chi connectivity index (χ0) is 16.9. The predicted molar refractivity (Wildman–Crippen MR) is 88.3 cm³/mol. The van der Waals surface area contributed by atoms with Crippen molar-refractivity contribution in [1.29, 1.82) is 0 Å². The Morgan fingerprint density at radius 1 is 1.29 bits per heavy atom. The summed E-state index contributed by atoms with van der Waals surface area (Å²) in [6.07, 6.45) is 6.45. The van der Waals surface area contributed by atoms with E-state index in [0.29, 0.717) is 30.0 Å². The molecule has 1 N–H and O–H groups in total. The zero-order valence-corrected chi connectivity index (χ0v) is 13.2. The largest absolute Gasteiger partial charge is 0.467 e. The topological polar surface area (TPSA) is 79.2 Å². The third-order valence-corrected chi connectivity index (χ3v) is 3.67. The summed E-state index contributed by atoms with van der Waals surface area (Å²) in [6, 6.07) is 8.77. The van der Waals surface area contributed by atoms with Crippen LogP contribution in [0.2, 0.25) is 0 Å². The molecule has 0 aliphatic heterocycles. The number of hydrogen-bond donors (Lipinski definition) is 1. The third kappa shape index (κ3) is 3.60. The van der Waals surface area contributed by atoms with Gasteiger partial charge in [0.2, 0.25) is 5.56 Å². The van der Waals surface area contributed by atoms with Crippen molar-refractivity contribution in [1.82, 2.24) is 14.9 Å². The molecule has 6 nitrogen and oxygen atoms in total. The molecule has 0 fully saturated rings. The van der Waals surface area contributed by atoms with E-state index in [9.17, 15) is 9.59 Å². The van der Waals surface area contributed by atoms with Crippen LogP contribution in [-0.2, 0) is 13.1 Å². The van der Waals surface area contributed by atoms with Crippen molar-refractivity contribution >= 4 is 5.91 Å². The number of amides is 1. The van der Waals surface area contributed by atoms with Crippen molar-refractivity contribution in [2.45, 2.75) is 20.0 Å². The number of nitrogens with one attached hydrogen (secondary N) is 1. The fourth-order valence-corrected chi connectivity index (χ4v) is 2.48. The summed E-state index contributed by atoms with van der Waals surface area (Å²) in [5.74, 6) is 0.512. The number of hydrogen-bond acceptors (Lipinski definition) is 4. The molecule has 122 valence electrons. The number of furan rings is 1. The van der Waals surface area contributed by atoms with Gasteiger partial charge in [0, 0.05) is 31.2 Å². The highest BCUT2D eigenvalue weighted by atomic mass is 16.3. The van der Waals surface area contributed by atoms with Crippen LogP contribution < -0.4 is 5.56 Å². The Bertz CT molecular complexity index is 870. The molecule has 0 saturated heterocycles. The Labute approximate surface area is 138 Å². The molecule has 1 amide bonds. The number of carbonyl (C=O) groups excluding carboxylic acids is 1. The Morgan fingerprint density at radius 2 is 2.17 bits per heavy atom. The maximum Gasteiger partial charge on any atom is 0.256 e. The van der Waals surface area contributed by atoms with E-state index in [4.69, 9.17) is 4.42 Å². The molecule has 0 radical (unpaired) electrons. The van der Waals surface area contributed by atoms with Gasteiger partial charge in [-0.25, -0.2) is 0 Å². The van der Waals surface area contributed by atoms with Crippen LogP contribution in [0.25, 0.3) is 0 Å². The van der Waals surface area contributed by atoms with Crippen LogP contribution in [0.5, 0.6) is 0 Å². The van der Waals surface area contributed by atoms with Crippen molar-refractivity contribution in [3.8, 4) is 0 Å². The highest BCUT2D eigenvalue weighted by molar-refractivity contribution is 5.95. The van der Waals surface area contributed by atoms with Gasteiger partial charge in [-0.3, -0.25) is 14.6 Å². The number of nitrogens with zero attached hydrogens (tertiary/aromatic N) is 2. The Balaban J connectivity index is 1.90. The standard InChI is InChI=1S/C18H17N3O3/c1-13-8-17(22)20-10-16(13)18(23)21(12-15-5-3-7-24-15)11-14-4-2-6-19-9-14/h2-10H,11-12H2,1H3,(H,20,22). The van der Waals surface area contributed by atoms with Gasteiger partial charge in [0.15, 0.2) is 0 Å². The molecule has 0 spiro atoms. The smallest absolute Gasteiger partial charge is 0.256 e. The predicted octanol–water partition coefficient (Wildman–Crippen LogP) is 2.51. The van der Waals surface area contributed by atoms with Crippen LogP contribution in [0.3, 0.4) is 0 Å². The number of aryl methyl sites for hydroxylation is 1. The highest BCUT2D eigenvalue weighted by Crippen LogP contribution is 2.15. The van der Waals surface area contributed by atoms with Gasteiger partial charge in [-0.05, 0) is 36.2 Å². The van der Waals surface area contributed by atoms with Gasteiger partial charge in [-0.1, -0.05) is 6.07 Å². The Kier molecular flexibility index (Phi) is 4.56. The average Bonchev–Trinajstić information content (AvgIpc) is 3.08. The maximum absolute atomic E-state index is 12.9. The monoisotopic (exact) mass is 323 g/mol. The van der Waals surface area contributed by atoms with Gasteiger partial charge in [-0.15, -0.1) is 0 Å². The molecule has 0 saturated carbocycles. The maximum atomic E-state index is 12.9. The SMILES string of the molecule is Cc1cc(=O)[nH]cc1C(=O)N(Cc1cccnc1)Cc1ccco1. The van der Waals surface area contributed by atoms with E-state index in [1.807, 2.05) is 18.2 Å². The average molecular weight is 323 g/mol. The molecule has 3 aromatic rings. The third-order valence-electron chi connectivity index (χ3n) is 3.67. The first kappa shape index (κ1) is 15.7. The number of H-pyrrole nitrogens is 1. The lowest BCUT2D eigenvalue weighted by Gasteiger charge is -2.22. The van der Waals surface area contributed by atoms with Crippen LogP contribution in [0.1, 0.15) is 27.2 Å². The van der Waals surface area contributed by atoms with E-state index in [1.165, 1.54) is 12.3 Å². The second-order valence-corrected chi connectivity index (χ2v) is 5.50. The quantitative estimate of drug-likeness (QED) is 0.782. The molecule has 0 aromatic carbocycles. The van der Waals surface area contributed by atoms with Crippen molar-refractivity contribution in [2.24, 2.45) is 0 Å². The van der Waals surface area contributed by atoms with E-state index in [2.05, 4.69) is 9.97 Å². The normalized spacial score (nSPS) is 10.5. The van der Waals surface area contributed by atoms with Crippen LogP contribution in [0.15, 0.2) is 64.4 Å². The lowest BCUT2D eigenvalue weighted by Crippen LogP contribution is -2.31. The number of carbonyl (C=O) groups is 1. The molecule has 0 bridgehead atoms. The van der Waals surface area contributed by atoms with Gasteiger partial charge in [-0.2, -0.15) is 0 Å². The van der Waals surface area contributed by atoms with E-state index in [0.717, 1.165) is 5.56 Å². The molecule has 0 unspecified atom stereocenters. The van der Waals surface area contributed by atoms with Crippen LogP contribution in [-0.4, -0.2) is 20.8 Å². The van der Waals surface area contributed by atoms with Crippen LogP contribution >= 0.6 is 0 Å². The number of pyridine rings is 2. The molecular formula is C18H17N3O3. The van der Waals surface area contributed by atoms with Crippen molar-refractivity contribution < 1.29 is 9.21 Å². The number of aromatic nitrogens is 2. The summed E-state index contributed by atoms with van der Waals surface area (Å²) >= 11 is 0. The lowest BCUT2D eigenvalue weighted by molar-refractivity contribution is 0.0716. The Hall–Kier alpha value is -3.15. The summed E-state index contributed by atoms with van der Waals surface area (Å²) in [7, 11) is 0. The fraction of sp³-hybridized carbons (Fsp3) is 0.167. The van der Waals surface area contributed by atoms with Gasteiger partial charge in [0.25, 0.3) is 5.91 Å². The molecule has 6 heteroatoms. The first-order chi connectivity index (χ1) is 11.6. The fourth-order valence-electron chi connectivity index (χ4n) is 2.48. The van der Waals surface area contributed by atoms with Crippen LogP contribution in [0.4, 0.5) is 0 Å². The van der Waals surface area contributed by atoms with Crippen molar-refractivity contribution in [2.75, 3.05) is 0 Å². The number of rotatable bonds is 5. The molecule has 0 atom stereocenters. The van der Waals surface area contributed by atoms with Gasteiger partial charge >= 0.3 is 0 Å². The molecule has 0 aliphatic rings. The second-order valence-electron chi connectivity index (χ2n) is 5.50. The van der Waals surface area contributed by atoms with Gasteiger partial charge in [0.1, 0.15) is 5.76 Å². The second kappa shape index (κ2) is 6.95.